The molecule has 0 aliphatic carbocycles. The van der Waals surface area contributed by atoms with Gasteiger partial charge in [-0.05, 0) is 103 Å². The molecule has 0 fully saturated rings. The van der Waals surface area contributed by atoms with Crippen LogP contribution in [0.15, 0.2) is 84.9 Å². The monoisotopic (exact) mass is 723 g/mol. The molecule has 4 aromatic rings. The summed E-state index contributed by atoms with van der Waals surface area (Å²) >= 11 is 0. The van der Waals surface area contributed by atoms with Crippen LogP contribution in [0.2, 0.25) is 0 Å². The predicted molar refractivity (Wildman–Crippen MR) is 228 cm³/mol. The van der Waals surface area contributed by atoms with Crippen LogP contribution >= 0.6 is 0 Å². The van der Waals surface area contributed by atoms with E-state index in [4.69, 9.17) is 14.2 Å². The van der Waals surface area contributed by atoms with Gasteiger partial charge in [-0.2, -0.15) is 0 Å². The van der Waals surface area contributed by atoms with Gasteiger partial charge in [-0.3, -0.25) is 0 Å². The van der Waals surface area contributed by atoms with Crippen LogP contribution in [0.5, 0.6) is 11.5 Å². The van der Waals surface area contributed by atoms with Crippen molar-refractivity contribution in [3.63, 3.8) is 0 Å². The Kier molecular flexibility index (Phi) is 15.3. The molecule has 0 radical (unpaired) electrons. The van der Waals surface area contributed by atoms with Crippen molar-refractivity contribution in [1.29, 1.82) is 0 Å². The minimum atomic E-state index is -0.0427. The van der Waals surface area contributed by atoms with E-state index in [0.717, 1.165) is 60.2 Å². The second-order valence-corrected chi connectivity index (χ2v) is 14.7. The average Bonchev–Trinajstić information content (AvgIpc) is 3.13. The number of rotatable bonds is 20. The first-order chi connectivity index (χ1) is 25.4. The second kappa shape index (κ2) is 19.6. The summed E-state index contributed by atoms with van der Waals surface area (Å²) in [4.78, 5) is 9.00. The number of anilines is 4. The maximum atomic E-state index is 6.94. The Morgan fingerprint density at radius 2 is 0.774 bits per heavy atom. The molecule has 53 heavy (non-hydrogen) atoms. The van der Waals surface area contributed by atoms with Crippen molar-refractivity contribution in [2.24, 2.45) is 0 Å². The van der Waals surface area contributed by atoms with Crippen molar-refractivity contribution in [2.45, 2.75) is 79.4 Å². The summed E-state index contributed by atoms with van der Waals surface area (Å²) in [5, 5.41) is 0. The predicted octanol–water partition coefficient (Wildman–Crippen LogP) is 10.1. The van der Waals surface area contributed by atoms with Gasteiger partial charge in [0.05, 0.1) is 25.4 Å². The van der Waals surface area contributed by atoms with Crippen molar-refractivity contribution in [3.05, 3.63) is 107 Å². The highest BCUT2D eigenvalue weighted by Gasteiger charge is 2.25. The molecule has 0 saturated carbocycles. The lowest BCUT2D eigenvalue weighted by Gasteiger charge is -2.28. The van der Waals surface area contributed by atoms with E-state index in [1.54, 1.807) is 0 Å². The van der Waals surface area contributed by atoms with Crippen LogP contribution in [-0.2, 0) is 4.74 Å². The molecule has 0 N–H and O–H groups in total. The molecular formula is C46H66N4O3. The van der Waals surface area contributed by atoms with Crippen LogP contribution in [0.3, 0.4) is 0 Å². The van der Waals surface area contributed by atoms with Crippen molar-refractivity contribution in [3.8, 4) is 11.5 Å². The Balaban J connectivity index is 1.79. The van der Waals surface area contributed by atoms with E-state index in [2.05, 4.69) is 188 Å². The van der Waals surface area contributed by atoms with E-state index < -0.39 is 0 Å². The Morgan fingerprint density at radius 3 is 1.06 bits per heavy atom. The summed E-state index contributed by atoms with van der Waals surface area (Å²) in [6.45, 7) is 21.9. The highest BCUT2D eigenvalue weighted by molar-refractivity contribution is 5.58. The summed E-state index contributed by atoms with van der Waals surface area (Å²) in [6.07, 6.45) is 0.0678. The Bertz CT molecular complexity index is 1550. The molecule has 4 aromatic carbocycles. The van der Waals surface area contributed by atoms with Crippen LogP contribution in [0.1, 0.15) is 89.5 Å². The van der Waals surface area contributed by atoms with E-state index in [-0.39, 0.29) is 24.0 Å². The summed E-state index contributed by atoms with van der Waals surface area (Å²) in [5.41, 5.74) is 9.32. The molecule has 0 saturated heterocycles. The fraction of sp³-hybridized carbons (Fsp3) is 0.478. The maximum absolute atomic E-state index is 6.94. The molecule has 0 heterocycles. The van der Waals surface area contributed by atoms with E-state index >= 15 is 0 Å². The Hall–Kier alpha value is -4.36. The summed E-state index contributed by atoms with van der Waals surface area (Å²) < 4.78 is 20.1. The highest BCUT2D eigenvalue weighted by Crippen LogP contribution is 2.39. The third-order valence-corrected chi connectivity index (χ3v) is 9.92. The van der Waals surface area contributed by atoms with Crippen molar-refractivity contribution in [2.75, 3.05) is 87.2 Å². The molecule has 0 spiro atoms. The molecule has 0 amide bonds. The lowest BCUT2D eigenvalue weighted by atomic mass is 9.89. The molecule has 7 heteroatoms. The van der Waals surface area contributed by atoms with Crippen LogP contribution in [0.4, 0.5) is 22.7 Å². The van der Waals surface area contributed by atoms with Gasteiger partial charge < -0.3 is 33.8 Å². The number of hydrogen-bond acceptors (Lipinski definition) is 7. The third kappa shape index (κ3) is 10.8. The lowest BCUT2D eigenvalue weighted by molar-refractivity contribution is 0.118. The van der Waals surface area contributed by atoms with Gasteiger partial charge in [0.25, 0.3) is 0 Å². The van der Waals surface area contributed by atoms with Crippen LogP contribution in [0.25, 0.3) is 0 Å². The third-order valence-electron chi connectivity index (χ3n) is 9.92. The molecule has 2 unspecified atom stereocenters. The minimum Gasteiger partial charge on any atom is -0.491 e. The number of ether oxygens (including phenoxy) is 3. The number of nitrogens with zero attached hydrogens (tertiary/aromatic N) is 4. The zero-order valence-electron chi connectivity index (χ0n) is 34.6. The lowest BCUT2D eigenvalue weighted by Crippen LogP contribution is -2.23. The number of hydrogen-bond donors (Lipinski definition) is 0. The quantitative estimate of drug-likeness (QED) is 0.0900. The summed E-state index contributed by atoms with van der Waals surface area (Å²) in [5.74, 6) is 1.73. The van der Waals surface area contributed by atoms with Gasteiger partial charge >= 0.3 is 0 Å². The standard InChI is InChI=1S/C46H66N4O3/c1-13-49(14-2)39-25-27-41(45(29-39)52-33(5)6)43(35-17-21-37(22-18-35)47(9)10)31-51-32-44(36-19-23-38(24-20-36)48(11)12)42-28-26-40(50(15-3)16-4)30-46(42)53-34(7)8/h17-30,33-34,43-44H,13-16,31-32H2,1-12H3. The minimum absolute atomic E-state index is 0.0339. The first kappa shape index (κ1) is 41.4. The van der Waals surface area contributed by atoms with Gasteiger partial charge in [-0.25, -0.2) is 0 Å². The zero-order chi connectivity index (χ0) is 38.7. The highest BCUT2D eigenvalue weighted by atomic mass is 16.5. The van der Waals surface area contributed by atoms with Crippen molar-refractivity contribution < 1.29 is 14.2 Å². The SMILES string of the molecule is CCN(CC)c1ccc(C(COCC(c2ccc(N(C)C)cc2)c2ccc(N(CC)CC)cc2OC(C)C)c2ccc(N(C)C)cc2)c(OC(C)C)c1. The molecule has 7 nitrogen and oxygen atoms in total. The maximum Gasteiger partial charge on any atom is 0.125 e. The van der Waals surface area contributed by atoms with Gasteiger partial charge in [-0.1, -0.05) is 36.4 Å². The van der Waals surface area contributed by atoms with Gasteiger partial charge in [0, 0.05) is 112 Å². The molecule has 288 valence electrons. The van der Waals surface area contributed by atoms with Crippen LogP contribution < -0.4 is 29.1 Å². The molecule has 0 bridgehead atoms. The first-order valence-electron chi connectivity index (χ1n) is 19.6. The van der Waals surface area contributed by atoms with Crippen LogP contribution in [-0.4, -0.2) is 79.8 Å². The molecule has 4 rings (SSSR count). The Morgan fingerprint density at radius 1 is 0.453 bits per heavy atom. The molecule has 0 aliphatic heterocycles. The first-order valence-corrected chi connectivity index (χ1v) is 19.6. The molecule has 0 aromatic heterocycles. The van der Waals surface area contributed by atoms with Crippen LogP contribution in [0, 0.1) is 0 Å². The normalized spacial score (nSPS) is 12.5. The van der Waals surface area contributed by atoms with Gasteiger partial charge in [-0.15, -0.1) is 0 Å². The zero-order valence-corrected chi connectivity index (χ0v) is 34.6. The van der Waals surface area contributed by atoms with Gasteiger partial charge in [0.2, 0.25) is 0 Å². The van der Waals surface area contributed by atoms with Crippen molar-refractivity contribution in [1.82, 2.24) is 0 Å². The second-order valence-electron chi connectivity index (χ2n) is 14.7. The van der Waals surface area contributed by atoms with Crippen molar-refractivity contribution >= 4 is 22.7 Å². The van der Waals surface area contributed by atoms with E-state index in [9.17, 15) is 0 Å². The summed E-state index contributed by atoms with van der Waals surface area (Å²) in [7, 11) is 8.31. The summed E-state index contributed by atoms with van der Waals surface area (Å²) in [6, 6.07) is 31.1. The Labute approximate surface area is 321 Å². The van der Waals surface area contributed by atoms with Gasteiger partial charge in [0.1, 0.15) is 11.5 Å². The smallest absolute Gasteiger partial charge is 0.125 e. The number of benzene rings is 4. The fourth-order valence-electron chi connectivity index (χ4n) is 6.95. The fourth-order valence-corrected chi connectivity index (χ4v) is 6.95. The average molecular weight is 723 g/mol. The largest absolute Gasteiger partial charge is 0.491 e. The van der Waals surface area contributed by atoms with E-state index in [1.165, 1.54) is 22.5 Å². The molecule has 0 aliphatic rings. The van der Waals surface area contributed by atoms with E-state index in [1.807, 2.05) is 0 Å². The molecular weight excluding hydrogens is 657 g/mol. The van der Waals surface area contributed by atoms with E-state index in [0.29, 0.717) is 13.2 Å². The topological polar surface area (TPSA) is 40.7 Å². The molecule has 2 atom stereocenters. The van der Waals surface area contributed by atoms with Gasteiger partial charge in [0.15, 0.2) is 0 Å².